The van der Waals surface area contributed by atoms with Crippen LogP contribution < -0.4 is 5.73 Å². The maximum atomic E-state index is 13.0. The fourth-order valence-electron chi connectivity index (χ4n) is 2.04. The molecule has 0 heterocycles. The lowest BCUT2D eigenvalue weighted by Gasteiger charge is -2.15. The third-order valence-corrected chi connectivity index (χ3v) is 3.67. The van der Waals surface area contributed by atoms with Crippen molar-refractivity contribution in [1.82, 2.24) is 0 Å². The SMILES string of the molecule is Cc1cc(F)ccc1CC(N)c1ccc(Cl)cc1Cl. The maximum Gasteiger partial charge on any atom is 0.123 e. The Morgan fingerprint density at radius 2 is 1.89 bits per heavy atom. The van der Waals surface area contributed by atoms with Crippen molar-refractivity contribution < 1.29 is 4.39 Å². The molecule has 2 N–H and O–H groups in total. The van der Waals surface area contributed by atoms with Crippen LogP contribution in [0.15, 0.2) is 36.4 Å². The summed E-state index contributed by atoms with van der Waals surface area (Å²) in [6.45, 7) is 1.87. The van der Waals surface area contributed by atoms with Crippen LogP contribution in [0.5, 0.6) is 0 Å². The first kappa shape index (κ1) is 14.3. The molecule has 2 aromatic carbocycles. The van der Waals surface area contributed by atoms with Gasteiger partial charge in [0.25, 0.3) is 0 Å². The summed E-state index contributed by atoms with van der Waals surface area (Å²) in [5.41, 5.74) is 8.91. The summed E-state index contributed by atoms with van der Waals surface area (Å²) in [6.07, 6.45) is 0.605. The standard InChI is InChI=1S/C15H14Cl2FN/c1-9-6-12(18)4-2-10(9)7-15(19)13-5-3-11(16)8-14(13)17/h2-6,8,15H,7,19H2,1H3. The van der Waals surface area contributed by atoms with Crippen molar-refractivity contribution in [2.24, 2.45) is 5.73 Å². The first-order valence-corrected chi connectivity index (χ1v) is 6.68. The molecule has 0 aliphatic carbocycles. The zero-order valence-electron chi connectivity index (χ0n) is 10.5. The Balaban J connectivity index is 2.23. The van der Waals surface area contributed by atoms with Crippen LogP contribution in [-0.4, -0.2) is 0 Å². The highest BCUT2D eigenvalue weighted by molar-refractivity contribution is 6.35. The van der Waals surface area contributed by atoms with Gasteiger partial charge >= 0.3 is 0 Å². The monoisotopic (exact) mass is 297 g/mol. The van der Waals surface area contributed by atoms with Gasteiger partial charge in [0.15, 0.2) is 0 Å². The van der Waals surface area contributed by atoms with E-state index in [2.05, 4.69) is 0 Å². The van der Waals surface area contributed by atoms with E-state index in [0.29, 0.717) is 16.5 Å². The fourth-order valence-corrected chi connectivity index (χ4v) is 2.59. The van der Waals surface area contributed by atoms with Crippen LogP contribution in [-0.2, 0) is 6.42 Å². The molecule has 0 saturated heterocycles. The highest BCUT2D eigenvalue weighted by Crippen LogP contribution is 2.27. The Kier molecular flexibility index (Phi) is 4.46. The van der Waals surface area contributed by atoms with Gasteiger partial charge in [0, 0.05) is 16.1 Å². The van der Waals surface area contributed by atoms with Crippen LogP contribution >= 0.6 is 23.2 Å². The summed E-state index contributed by atoms with van der Waals surface area (Å²) < 4.78 is 13.0. The van der Waals surface area contributed by atoms with Gasteiger partial charge in [-0.1, -0.05) is 35.3 Å². The number of hydrogen-bond donors (Lipinski definition) is 1. The molecule has 0 aliphatic rings. The first-order valence-electron chi connectivity index (χ1n) is 5.93. The molecule has 0 aromatic heterocycles. The van der Waals surface area contributed by atoms with E-state index in [1.165, 1.54) is 12.1 Å². The average molecular weight is 298 g/mol. The molecule has 4 heteroatoms. The van der Waals surface area contributed by atoms with E-state index in [0.717, 1.165) is 16.7 Å². The topological polar surface area (TPSA) is 26.0 Å². The average Bonchev–Trinajstić information content (AvgIpc) is 2.32. The third-order valence-electron chi connectivity index (χ3n) is 3.11. The van der Waals surface area contributed by atoms with E-state index >= 15 is 0 Å². The van der Waals surface area contributed by atoms with Crippen LogP contribution in [0, 0.1) is 12.7 Å². The van der Waals surface area contributed by atoms with Gasteiger partial charge < -0.3 is 5.73 Å². The van der Waals surface area contributed by atoms with E-state index in [9.17, 15) is 4.39 Å². The quantitative estimate of drug-likeness (QED) is 0.874. The van der Waals surface area contributed by atoms with Gasteiger partial charge in [0.2, 0.25) is 0 Å². The lowest BCUT2D eigenvalue weighted by molar-refractivity contribution is 0.624. The Morgan fingerprint density at radius 1 is 1.16 bits per heavy atom. The molecular weight excluding hydrogens is 284 g/mol. The molecule has 0 aliphatic heterocycles. The Bertz CT molecular complexity index is 599. The molecule has 0 spiro atoms. The van der Waals surface area contributed by atoms with Crippen LogP contribution in [0.25, 0.3) is 0 Å². The zero-order chi connectivity index (χ0) is 14.0. The molecule has 1 unspecified atom stereocenters. The lowest BCUT2D eigenvalue weighted by atomic mass is 9.97. The van der Waals surface area contributed by atoms with Gasteiger partial charge in [-0.3, -0.25) is 0 Å². The molecule has 0 fully saturated rings. The van der Waals surface area contributed by atoms with Crippen molar-refractivity contribution >= 4 is 23.2 Å². The molecule has 1 nitrogen and oxygen atoms in total. The maximum absolute atomic E-state index is 13.0. The predicted molar refractivity (Wildman–Crippen MR) is 78.2 cm³/mol. The fraction of sp³-hybridized carbons (Fsp3) is 0.200. The molecule has 0 saturated carbocycles. The van der Waals surface area contributed by atoms with E-state index in [1.807, 2.05) is 13.0 Å². The molecular formula is C15H14Cl2FN. The molecule has 0 radical (unpaired) electrons. The second-order valence-corrected chi connectivity index (χ2v) is 5.39. The van der Waals surface area contributed by atoms with E-state index in [-0.39, 0.29) is 11.9 Å². The minimum atomic E-state index is -0.242. The van der Waals surface area contributed by atoms with Crippen molar-refractivity contribution in [3.05, 3.63) is 69.0 Å². The predicted octanol–water partition coefficient (Wildman–Crippen LogP) is 4.68. The summed E-state index contributed by atoms with van der Waals surface area (Å²) in [4.78, 5) is 0. The van der Waals surface area contributed by atoms with Crippen molar-refractivity contribution in [2.45, 2.75) is 19.4 Å². The number of nitrogens with two attached hydrogens (primary N) is 1. The molecule has 100 valence electrons. The molecule has 1 atom stereocenters. The van der Waals surface area contributed by atoms with E-state index in [4.69, 9.17) is 28.9 Å². The van der Waals surface area contributed by atoms with E-state index < -0.39 is 0 Å². The second-order valence-electron chi connectivity index (χ2n) is 4.55. The van der Waals surface area contributed by atoms with Crippen LogP contribution in [0.2, 0.25) is 10.0 Å². The second kappa shape index (κ2) is 5.91. The Morgan fingerprint density at radius 3 is 2.53 bits per heavy atom. The summed E-state index contributed by atoms with van der Waals surface area (Å²) in [5, 5.41) is 1.14. The number of rotatable bonds is 3. The molecule has 0 amide bonds. The first-order chi connectivity index (χ1) is 8.97. The number of hydrogen-bond acceptors (Lipinski definition) is 1. The number of halogens is 3. The number of aryl methyl sites for hydroxylation is 1. The van der Waals surface area contributed by atoms with Crippen molar-refractivity contribution in [2.75, 3.05) is 0 Å². The summed E-state index contributed by atoms with van der Waals surface area (Å²) in [7, 11) is 0. The largest absolute Gasteiger partial charge is 0.324 e. The van der Waals surface area contributed by atoms with Crippen LogP contribution in [0.1, 0.15) is 22.7 Å². The summed E-state index contributed by atoms with van der Waals surface area (Å²) in [6, 6.07) is 9.73. The Hall–Kier alpha value is -1.09. The van der Waals surface area contributed by atoms with Crippen molar-refractivity contribution in [3.8, 4) is 0 Å². The van der Waals surface area contributed by atoms with Gasteiger partial charge in [-0.15, -0.1) is 0 Å². The Labute approximate surface area is 122 Å². The van der Waals surface area contributed by atoms with Crippen molar-refractivity contribution in [1.29, 1.82) is 0 Å². The molecule has 2 aromatic rings. The normalized spacial score (nSPS) is 12.5. The minimum absolute atomic E-state index is 0.237. The third kappa shape index (κ3) is 3.47. The zero-order valence-corrected chi connectivity index (χ0v) is 12.0. The highest BCUT2D eigenvalue weighted by Gasteiger charge is 2.12. The molecule has 2 rings (SSSR count). The molecule has 0 bridgehead atoms. The van der Waals surface area contributed by atoms with Gasteiger partial charge in [-0.2, -0.15) is 0 Å². The number of benzene rings is 2. The minimum Gasteiger partial charge on any atom is -0.324 e. The van der Waals surface area contributed by atoms with Gasteiger partial charge in [-0.05, 0) is 54.3 Å². The van der Waals surface area contributed by atoms with Gasteiger partial charge in [-0.25, -0.2) is 4.39 Å². The highest BCUT2D eigenvalue weighted by atomic mass is 35.5. The van der Waals surface area contributed by atoms with Crippen molar-refractivity contribution in [3.63, 3.8) is 0 Å². The van der Waals surface area contributed by atoms with Crippen LogP contribution in [0.3, 0.4) is 0 Å². The van der Waals surface area contributed by atoms with Crippen LogP contribution in [0.4, 0.5) is 4.39 Å². The lowest BCUT2D eigenvalue weighted by Crippen LogP contribution is -2.14. The summed E-state index contributed by atoms with van der Waals surface area (Å²) >= 11 is 12.0. The molecule has 19 heavy (non-hydrogen) atoms. The van der Waals surface area contributed by atoms with E-state index in [1.54, 1.807) is 18.2 Å². The van der Waals surface area contributed by atoms with Gasteiger partial charge in [0.05, 0.1) is 0 Å². The van der Waals surface area contributed by atoms with Gasteiger partial charge in [0.1, 0.15) is 5.82 Å². The summed E-state index contributed by atoms with van der Waals surface area (Å²) in [5.74, 6) is -0.237. The smallest absolute Gasteiger partial charge is 0.123 e.